The zero-order valence-electron chi connectivity index (χ0n) is 21.5. The number of aliphatic carboxylic acids is 2. The van der Waals surface area contributed by atoms with Crippen molar-refractivity contribution in [1.29, 1.82) is 0 Å². The van der Waals surface area contributed by atoms with Crippen LogP contribution in [-0.4, -0.2) is 45.8 Å². The van der Waals surface area contributed by atoms with Gasteiger partial charge in [-0.25, -0.2) is 9.59 Å². The lowest BCUT2D eigenvalue weighted by Gasteiger charge is -2.23. The number of hydrogen-bond donors (Lipinski definition) is 5. The molecule has 2 aromatic carbocycles. The Morgan fingerprint density at radius 1 is 0.921 bits per heavy atom. The second-order valence-electron chi connectivity index (χ2n) is 9.59. The van der Waals surface area contributed by atoms with Crippen molar-refractivity contribution < 1.29 is 34.1 Å². The van der Waals surface area contributed by atoms with Gasteiger partial charge in [0.05, 0.1) is 17.3 Å². The SMILES string of the molecule is CC(C)(C)OC(=O)N[C@@H](C[C@H](CCCC(=O)Nc1ccc(/N=N/c2ccc(N)cc2)cc1)C(=O)O)C(=O)O. The molecule has 12 nitrogen and oxygen atoms in total. The zero-order chi connectivity index (χ0) is 28.3. The minimum absolute atomic E-state index is 0.0274. The summed E-state index contributed by atoms with van der Waals surface area (Å²) in [4.78, 5) is 47.5. The third kappa shape index (κ3) is 11.1. The number of rotatable bonds is 12. The van der Waals surface area contributed by atoms with Gasteiger partial charge in [-0.1, -0.05) is 0 Å². The first kappa shape index (κ1) is 29.7. The Balaban J connectivity index is 1.84. The summed E-state index contributed by atoms with van der Waals surface area (Å²) < 4.78 is 5.05. The molecular formula is C26H33N5O7. The van der Waals surface area contributed by atoms with Crippen LogP contribution in [0.5, 0.6) is 0 Å². The maximum atomic E-state index is 12.3. The number of nitrogens with two attached hydrogens (primary N) is 1. The molecular weight excluding hydrogens is 494 g/mol. The number of benzene rings is 2. The van der Waals surface area contributed by atoms with E-state index in [9.17, 15) is 29.4 Å². The first-order valence-electron chi connectivity index (χ1n) is 11.9. The Bertz CT molecular complexity index is 1140. The quantitative estimate of drug-likeness (QED) is 0.191. The number of azo groups is 1. The molecule has 12 heteroatoms. The minimum atomic E-state index is -1.45. The highest BCUT2D eigenvalue weighted by atomic mass is 16.6. The Morgan fingerprint density at radius 2 is 1.47 bits per heavy atom. The van der Waals surface area contributed by atoms with Crippen LogP contribution in [0.25, 0.3) is 0 Å². The van der Waals surface area contributed by atoms with Crippen molar-refractivity contribution >= 4 is 46.7 Å². The van der Waals surface area contributed by atoms with Crippen molar-refractivity contribution in [1.82, 2.24) is 5.32 Å². The van der Waals surface area contributed by atoms with E-state index in [-0.39, 0.29) is 31.6 Å². The highest BCUT2D eigenvalue weighted by Crippen LogP contribution is 2.22. The lowest BCUT2D eigenvalue weighted by Crippen LogP contribution is -2.45. The van der Waals surface area contributed by atoms with E-state index < -0.39 is 35.6 Å². The van der Waals surface area contributed by atoms with Gasteiger partial charge in [0, 0.05) is 17.8 Å². The van der Waals surface area contributed by atoms with Gasteiger partial charge in [-0.3, -0.25) is 9.59 Å². The number of hydrogen-bond acceptors (Lipinski definition) is 8. The molecule has 0 saturated heterocycles. The molecule has 0 saturated carbocycles. The Morgan fingerprint density at radius 3 is 1.97 bits per heavy atom. The van der Waals surface area contributed by atoms with Gasteiger partial charge < -0.3 is 31.3 Å². The summed E-state index contributed by atoms with van der Waals surface area (Å²) in [7, 11) is 0. The smallest absolute Gasteiger partial charge is 0.408 e. The molecule has 2 amide bonds. The van der Waals surface area contributed by atoms with Gasteiger partial charge >= 0.3 is 18.0 Å². The molecule has 2 rings (SSSR count). The van der Waals surface area contributed by atoms with Crippen molar-refractivity contribution in [3.63, 3.8) is 0 Å². The fourth-order valence-corrected chi connectivity index (χ4v) is 3.30. The summed E-state index contributed by atoms with van der Waals surface area (Å²) in [6.45, 7) is 4.86. The third-order valence-corrected chi connectivity index (χ3v) is 5.14. The molecule has 0 aliphatic rings. The maximum absolute atomic E-state index is 12.3. The zero-order valence-corrected chi connectivity index (χ0v) is 21.5. The standard InChI is InChI=1S/C26H33N5O7/c1-26(2,3)38-25(37)29-21(24(35)36)15-16(23(33)34)5-4-6-22(32)28-18-11-13-20(14-12-18)31-30-19-9-7-17(27)8-10-19/h7-14,16,21H,4-6,15,27H2,1-3H3,(H,28,32)(H,29,37)(H,33,34)(H,35,36)/b31-30+/t16-,21-/m0/s1. The minimum Gasteiger partial charge on any atom is -0.481 e. The van der Waals surface area contributed by atoms with Gasteiger partial charge in [0.1, 0.15) is 11.6 Å². The Kier molecular flexibility index (Phi) is 10.7. The number of carboxylic acid groups (broad SMARTS) is 2. The number of carbonyl (C=O) groups excluding carboxylic acids is 2. The van der Waals surface area contributed by atoms with Gasteiger partial charge in [0.25, 0.3) is 0 Å². The largest absolute Gasteiger partial charge is 0.481 e. The number of nitrogens with one attached hydrogen (secondary N) is 2. The first-order valence-corrected chi connectivity index (χ1v) is 11.9. The van der Waals surface area contributed by atoms with Crippen LogP contribution < -0.4 is 16.4 Å². The van der Waals surface area contributed by atoms with Crippen molar-refractivity contribution in [2.75, 3.05) is 11.1 Å². The maximum Gasteiger partial charge on any atom is 0.408 e. The molecule has 0 aromatic heterocycles. The molecule has 0 aliphatic heterocycles. The van der Waals surface area contributed by atoms with E-state index in [1.165, 1.54) is 0 Å². The normalized spacial score (nSPS) is 12.9. The lowest BCUT2D eigenvalue weighted by atomic mass is 9.94. The number of amides is 2. The molecule has 0 unspecified atom stereocenters. The van der Waals surface area contributed by atoms with Crippen LogP contribution in [0, 0.1) is 5.92 Å². The lowest BCUT2D eigenvalue weighted by molar-refractivity contribution is -0.144. The highest BCUT2D eigenvalue weighted by molar-refractivity contribution is 5.90. The molecule has 0 fully saturated rings. The number of ether oxygens (including phenoxy) is 1. The summed E-state index contributed by atoms with van der Waals surface area (Å²) in [5.41, 5.74) is 7.18. The Hall–Kier alpha value is -4.48. The molecule has 0 aliphatic carbocycles. The second kappa shape index (κ2) is 13.7. The number of carbonyl (C=O) groups is 4. The van der Waals surface area contributed by atoms with E-state index in [1.54, 1.807) is 69.3 Å². The molecule has 2 atom stereocenters. The summed E-state index contributed by atoms with van der Waals surface area (Å²) in [6, 6.07) is 12.2. The van der Waals surface area contributed by atoms with Crippen LogP contribution >= 0.6 is 0 Å². The number of nitrogens with zero attached hydrogens (tertiary/aromatic N) is 2. The molecule has 0 spiro atoms. The summed E-state index contributed by atoms with van der Waals surface area (Å²) >= 11 is 0. The van der Waals surface area contributed by atoms with E-state index >= 15 is 0 Å². The van der Waals surface area contributed by atoms with Crippen molar-refractivity contribution in [2.45, 2.75) is 58.1 Å². The highest BCUT2D eigenvalue weighted by Gasteiger charge is 2.29. The van der Waals surface area contributed by atoms with Crippen molar-refractivity contribution in [3.8, 4) is 0 Å². The molecule has 0 heterocycles. The number of carboxylic acids is 2. The van der Waals surface area contributed by atoms with E-state index in [0.29, 0.717) is 22.7 Å². The van der Waals surface area contributed by atoms with E-state index in [2.05, 4.69) is 20.9 Å². The molecule has 0 radical (unpaired) electrons. The predicted molar refractivity (Wildman–Crippen MR) is 140 cm³/mol. The summed E-state index contributed by atoms with van der Waals surface area (Å²) in [6.07, 6.45) is -1.02. The van der Waals surface area contributed by atoms with Crippen LogP contribution in [0.1, 0.15) is 46.5 Å². The number of alkyl carbamates (subject to hydrolysis) is 1. The van der Waals surface area contributed by atoms with Crippen LogP contribution in [0.2, 0.25) is 0 Å². The first-order chi connectivity index (χ1) is 17.8. The fourth-order valence-electron chi connectivity index (χ4n) is 3.30. The molecule has 38 heavy (non-hydrogen) atoms. The fraction of sp³-hybridized carbons (Fsp3) is 0.385. The van der Waals surface area contributed by atoms with E-state index in [0.717, 1.165) is 0 Å². The van der Waals surface area contributed by atoms with Gasteiger partial charge in [-0.05, 0) is 88.6 Å². The average Bonchev–Trinajstić information content (AvgIpc) is 2.82. The number of anilines is 2. The van der Waals surface area contributed by atoms with Crippen LogP contribution in [0.4, 0.5) is 27.5 Å². The molecule has 2 aromatic rings. The van der Waals surface area contributed by atoms with Gasteiger partial charge in [0.2, 0.25) is 5.91 Å². The number of nitrogen functional groups attached to an aromatic ring is 1. The van der Waals surface area contributed by atoms with Gasteiger partial charge in [-0.2, -0.15) is 10.2 Å². The monoisotopic (exact) mass is 527 g/mol. The average molecular weight is 528 g/mol. The van der Waals surface area contributed by atoms with Gasteiger partial charge in [0.15, 0.2) is 0 Å². The molecule has 204 valence electrons. The molecule has 6 N–H and O–H groups in total. The second-order valence-corrected chi connectivity index (χ2v) is 9.59. The third-order valence-electron chi connectivity index (χ3n) is 5.14. The van der Waals surface area contributed by atoms with Crippen molar-refractivity contribution in [2.24, 2.45) is 16.1 Å². The Labute approximate surface area is 220 Å². The topological polar surface area (TPSA) is 193 Å². The van der Waals surface area contributed by atoms with Gasteiger partial charge in [-0.15, -0.1) is 0 Å². The van der Waals surface area contributed by atoms with Crippen LogP contribution in [-0.2, 0) is 19.1 Å². The van der Waals surface area contributed by atoms with E-state index in [1.807, 2.05) is 0 Å². The van der Waals surface area contributed by atoms with Crippen LogP contribution in [0.3, 0.4) is 0 Å². The van der Waals surface area contributed by atoms with Crippen molar-refractivity contribution in [3.05, 3.63) is 48.5 Å². The summed E-state index contributed by atoms with van der Waals surface area (Å²) in [5, 5.41) is 32.1. The predicted octanol–water partition coefficient (Wildman–Crippen LogP) is 4.86. The van der Waals surface area contributed by atoms with E-state index in [4.69, 9.17) is 10.5 Å². The molecule has 0 bridgehead atoms. The van der Waals surface area contributed by atoms with Crippen LogP contribution in [0.15, 0.2) is 58.8 Å². The summed E-state index contributed by atoms with van der Waals surface area (Å²) in [5.74, 6) is -4.00.